The quantitative estimate of drug-likeness (QED) is 0.0195. The van der Waals surface area contributed by atoms with E-state index in [9.17, 15) is 35.1 Å². The lowest BCUT2D eigenvalue weighted by Crippen LogP contribution is -2.61. The second-order valence-corrected chi connectivity index (χ2v) is 21.8. The van der Waals surface area contributed by atoms with Crippen molar-refractivity contribution < 1.29 is 49.3 Å². The smallest absolute Gasteiger partial charge is 0.306 e. The molecule has 0 aliphatic carbocycles. The Hall–Kier alpha value is -3.68. The van der Waals surface area contributed by atoms with Gasteiger partial charge in [0.1, 0.15) is 24.4 Å². The minimum atomic E-state index is -1.63. The van der Waals surface area contributed by atoms with Crippen molar-refractivity contribution in [2.45, 2.75) is 301 Å². The van der Waals surface area contributed by atoms with Crippen LogP contribution < -0.4 is 5.32 Å². The van der Waals surface area contributed by atoms with Crippen molar-refractivity contribution in [3.05, 3.63) is 109 Å². The van der Waals surface area contributed by atoms with Gasteiger partial charge in [0.15, 0.2) is 12.4 Å². The molecule has 11 nitrogen and oxygen atoms in total. The van der Waals surface area contributed by atoms with Gasteiger partial charge in [-0.15, -0.1) is 0 Å². The number of aliphatic hydroxyl groups is 5. The highest BCUT2D eigenvalue weighted by Gasteiger charge is 2.47. The molecule has 1 amide bonds. The van der Waals surface area contributed by atoms with Crippen LogP contribution in [0.5, 0.6) is 0 Å². The molecule has 0 saturated carbocycles. The van der Waals surface area contributed by atoms with Crippen LogP contribution in [0.25, 0.3) is 0 Å². The fourth-order valence-electron chi connectivity index (χ4n) is 9.33. The molecular weight excluding hydrogens is 1000 g/mol. The Kier molecular flexibility index (Phi) is 51.9. The highest BCUT2D eigenvalue weighted by molar-refractivity contribution is 5.80. The van der Waals surface area contributed by atoms with Gasteiger partial charge in [0, 0.05) is 6.42 Å². The Bertz CT molecular complexity index is 1710. The molecule has 1 heterocycles. The number of carbonyl (C=O) groups is 2. The van der Waals surface area contributed by atoms with Gasteiger partial charge in [-0.3, -0.25) is 9.59 Å². The van der Waals surface area contributed by atoms with E-state index in [1.807, 2.05) is 6.08 Å². The SMILES string of the molecule is CC/C=C\C/C=C\C/C=C\C/C=C\C/C=C\CCCCCCC(O)C(=O)NC(COC1OC(CO)C(O)C(O)C1OC(=O)CCCCCCCC/C=C\C/C=C\C/C=C\CCCCC)C(O)/C=C/CCCCCCCCCCCC. The number of carbonyl (C=O) groups excluding carboxylic acids is 2. The van der Waals surface area contributed by atoms with Gasteiger partial charge in [-0.2, -0.15) is 0 Å². The fraction of sp³-hybridized carbons (Fsp3) is 0.710. The van der Waals surface area contributed by atoms with Gasteiger partial charge in [0.05, 0.1) is 25.4 Å². The summed E-state index contributed by atoms with van der Waals surface area (Å²) in [5.74, 6) is -1.23. The molecular formula is C69H117NO10. The Labute approximate surface area is 488 Å². The number of esters is 1. The molecule has 80 heavy (non-hydrogen) atoms. The average molecular weight is 1120 g/mol. The molecule has 0 aromatic rings. The largest absolute Gasteiger partial charge is 0.454 e. The van der Waals surface area contributed by atoms with E-state index < -0.39 is 67.4 Å². The van der Waals surface area contributed by atoms with Crippen LogP contribution in [0.4, 0.5) is 0 Å². The number of hydrogen-bond donors (Lipinski definition) is 6. The number of rotatable bonds is 53. The number of nitrogens with one attached hydrogen (secondary N) is 1. The predicted octanol–water partition coefficient (Wildman–Crippen LogP) is 15.7. The molecule has 458 valence electrons. The highest BCUT2D eigenvalue weighted by atomic mass is 16.7. The number of amides is 1. The number of ether oxygens (including phenoxy) is 3. The Balaban J connectivity index is 2.69. The molecule has 1 aliphatic rings. The van der Waals surface area contributed by atoms with Crippen LogP contribution in [-0.2, 0) is 23.8 Å². The predicted molar refractivity (Wildman–Crippen MR) is 333 cm³/mol. The minimum absolute atomic E-state index is 0.101. The molecule has 8 unspecified atom stereocenters. The molecule has 0 aromatic carbocycles. The van der Waals surface area contributed by atoms with Crippen LogP contribution in [0.1, 0.15) is 252 Å². The summed E-state index contributed by atoms with van der Waals surface area (Å²) in [5, 5.41) is 57.0. The summed E-state index contributed by atoms with van der Waals surface area (Å²) in [6.45, 7) is 5.62. The van der Waals surface area contributed by atoms with Crippen LogP contribution in [0.2, 0.25) is 0 Å². The number of allylic oxidation sites excluding steroid dienone is 17. The summed E-state index contributed by atoms with van der Waals surface area (Å²) in [7, 11) is 0. The van der Waals surface area contributed by atoms with Gasteiger partial charge in [0.25, 0.3) is 0 Å². The molecule has 8 atom stereocenters. The number of aliphatic hydroxyl groups excluding tert-OH is 5. The van der Waals surface area contributed by atoms with E-state index in [0.717, 1.165) is 135 Å². The van der Waals surface area contributed by atoms with Crippen molar-refractivity contribution in [1.29, 1.82) is 0 Å². The van der Waals surface area contributed by atoms with Crippen LogP contribution in [0, 0.1) is 0 Å². The third-order valence-corrected chi connectivity index (χ3v) is 14.4. The molecule has 0 aromatic heterocycles. The van der Waals surface area contributed by atoms with Crippen LogP contribution >= 0.6 is 0 Å². The zero-order valence-electron chi connectivity index (χ0n) is 50.7. The molecule has 1 fully saturated rings. The maximum Gasteiger partial charge on any atom is 0.306 e. The Morgan fingerprint density at radius 2 is 0.900 bits per heavy atom. The highest BCUT2D eigenvalue weighted by Crippen LogP contribution is 2.26. The van der Waals surface area contributed by atoms with E-state index >= 15 is 0 Å². The summed E-state index contributed by atoms with van der Waals surface area (Å²) < 4.78 is 17.6. The van der Waals surface area contributed by atoms with Crippen molar-refractivity contribution >= 4 is 11.9 Å². The van der Waals surface area contributed by atoms with E-state index in [2.05, 4.69) is 123 Å². The fourth-order valence-corrected chi connectivity index (χ4v) is 9.33. The maximum atomic E-state index is 13.4. The first-order chi connectivity index (χ1) is 39.2. The normalized spacial score (nSPS) is 19.5. The van der Waals surface area contributed by atoms with Crippen molar-refractivity contribution in [3.8, 4) is 0 Å². The third kappa shape index (κ3) is 43.1. The first kappa shape index (κ1) is 74.3. The van der Waals surface area contributed by atoms with Gasteiger partial charge < -0.3 is 45.1 Å². The minimum Gasteiger partial charge on any atom is -0.454 e. The average Bonchev–Trinajstić information content (AvgIpc) is 3.45. The first-order valence-corrected chi connectivity index (χ1v) is 32.2. The summed E-state index contributed by atoms with van der Waals surface area (Å²) in [6.07, 6.45) is 65.4. The van der Waals surface area contributed by atoms with E-state index in [-0.39, 0.29) is 19.4 Å². The molecule has 1 rings (SSSR count). The van der Waals surface area contributed by atoms with E-state index in [4.69, 9.17) is 14.2 Å². The number of unbranched alkanes of at least 4 members (excludes halogenated alkanes) is 23. The molecule has 1 aliphatic heterocycles. The van der Waals surface area contributed by atoms with Crippen molar-refractivity contribution in [3.63, 3.8) is 0 Å². The first-order valence-electron chi connectivity index (χ1n) is 32.2. The maximum absolute atomic E-state index is 13.4. The Morgan fingerprint density at radius 3 is 1.38 bits per heavy atom. The lowest BCUT2D eigenvalue weighted by atomic mass is 9.99. The van der Waals surface area contributed by atoms with Crippen LogP contribution in [0.15, 0.2) is 109 Å². The summed E-state index contributed by atoms with van der Waals surface area (Å²) >= 11 is 0. The zero-order valence-corrected chi connectivity index (χ0v) is 50.7. The van der Waals surface area contributed by atoms with Crippen molar-refractivity contribution in [1.82, 2.24) is 5.32 Å². The second kappa shape index (κ2) is 55.8. The Morgan fingerprint density at radius 1 is 0.500 bits per heavy atom. The zero-order chi connectivity index (χ0) is 58.2. The van der Waals surface area contributed by atoms with E-state index in [1.165, 1.54) is 70.6 Å². The van der Waals surface area contributed by atoms with Crippen LogP contribution in [0.3, 0.4) is 0 Å². The molecule has 0 radical (unpaired) electrons. The monoisotopic (exact) mass is 1120 g/mol. The van der Waals surface area contributed by atoms with E-state index in [0.29, 0.717) is 12.8 Å². The van der Waals surface area contributed by atoms with Crippen molar-refractivity contribution in [2.75, 3.05) is 13.2 Å². The van der Waals surface area contributed by atoms with Crippen molar-refractivity contribution in [2.24, 2.45) is 0 Å². The van der Waals surface area contributed by atoms with Gasteiger partial charge in [-0.25, -0.2) is 0 Å². The van der Waals surface area contributed by atoms with Gasteiger partial charge in [-0.05, 0) is 109 Å². The molecule has 0 spiro atoms. The second-order valence-electron chi connectivity index (χ2n) is 21.8. The standard InChI is InChI=1S/C69H117NO10/c1-4-7-10-13-16-19-22-25-27-29-31-33-34-36-38-41-44-47-50-53-56-62(73)68(77)70-60(61(72)55-52-49-46-43-40-24-21-18-15-12-9-6-3)59-78-69-67(66(76)65(75)63(58-71)79-69)80-64(74)57-54-51-48-45-42-39-37-35-32-30-28-26-23-20-17-14-11-8-5-2/h7,10,16-17,19-20,25-28,31-33,35-36,38,52,55,60-63,65-67,69,71-73,75-76H,4-6,8-9,11-15,18,21-24,29-30,34,37,39-51,53-54,56-59H2,1-3H3,(H,70,77)/b10-7-,19-16-,20-17-,27-25-,28-26-,33-31-,35-32-,38-36-,55-52+. The number of hydrogen-bond acceptors (Lipinski definition) is 10. The molecule has 0 bridgehead atoms. The van der Waals surface area contributed by atoms with Gasteiger partial charge in [0.2, 0.25) is 5.91 Å². The lowest BCUT2D eigenvalue weighted by Gasteiger charge is -2.41. The molecule has 11 heteroatoms. The summed E-state index contributed by atoms with van der Waals surface area (Å²) in [4.78, 5) is 26.6. The van der Waals surface area contributed by atoms with Gasteiger partial charge >= 0.3 is 5.97 Å². The topological polar surface area (TPSA) is 175 Å². The lowest BCUT2D eigenvalue weighted by molar-refractivity contribution is -0.305. The molecule has 1 saturated heterocycles. The molecule has 6 N–H and O–H groups in total. The van der Waals surface area contributed by atoms with E-state index in [1.54, 1.807) is 6.08 Å². The summed E-state index contributed by atoms with van der Waals surface area (Å²) in [5.41, 5.74) is 0. The van der Waals surface area contributed by atoms with Gasteiger partial charge in [-0.1, -0.05) is 246 Å². The third-order valence-electron chi connectivity index (χ3n) is 14.4. The summed E-state index contributed by atoms with van der Waals surface area (Å²) in [6, 6.07) is -1.04. The van der Waals surface area contributed by atoms with Crippen LogP contribution in [-0.4, -0.2) is 99.6 Å².